The fourth-order valence-corrected chi connectivity index (χ4v) is 2.25. The van der Waals surface area contributed by atoms with E-state index in [1.54, 1.807) is 0 Å². The Labute approximate surface area is 71.5 Å². The average molecular weight is 238 g/mol. The lowest BCUT2D eigenvalue weighted by Gasteiger charge is -2.23. The molecular formula is C8H15I. The highest BCUT2D eigenvalue weighted by Gasteiger charge is 2.16. The molecule has 1 heteroatoms. The zero-order valence-corrected chi connectivity index (χ0v) is 8.23. The van der Waals surface area contributed by atoms with Gasteiger partial charge in [0.2, 0.25) is 0 Å². The first-order chi connectivity index (χ1) is 4.33. The highest BCUT2D eigenvalue weighted by molar-refractivity contribution is 14.1. The van der Waals surface area contributed by atoms with Crippen molar-refractivity contribution in [1.82, 2.24) is 0 Å². The summed E-state index contributed by atoms with van der Waals surface area (Å²) in [5.41, 5.74) is 0. The summed E-state index contributed by atoms with van der Waals surface area (Å²) in [5.74, 6) is 1.07. The molecule has 1 aliphatic carbocycles. The number of rotatable bonds is 1. The predicted octanol–water partition coefficient (Wildman–Crippen LogP) is 3.39. The van der Waals surface area contributed by atoms with Crippen LogP contribution in [0.1, 0.15) is 39.0 Å². The van der Waals surface area contributed by atoms with Crippen molar-refractivity contribution in [1.29, 1.82) is 0 Å². The zero-order valence-electron chi connectivity index (χ0n) is 6.07. The van der Waals surface area contributed by atoms with Gasteiger partial charge in [0.25, 0.3) is 0 Å². The minimum absolute atomic E-state index is 0.991. The van der Waals surface area contributed by atoms with Gasteiger partial charge in [0.15, 0.2) is 0 Å². The molecule has 1 fully saturated rings. The molecule has 0 nitrogen and oxygen atoms in total. The van der Waals surface area contributed by atoms with Gasteiger partial charge in [-0.05, 0) is 31.6 Å². The summed E-state index contributed by atoms with van der Waals surface area (Å²) < 4.78 is 0.991. The summed E-state index contributed by atoms with van der Waals surface area (Å²) in [6.45, 7) is 2.32. The van der Waals surface area contributed by atoms with E-state index in [1.807, 2.05) is 0 Å². The van der Waals surface area contributed by atoms with Gasteiger partial charge in [0.1, 0.15) is 0 Å². The largest absolute Gasteiger partial charge is 0.0826 e. The van der Waals surface area contributed by atoms with E-state index in [-0.39, 0.29) is 0 Å². The molecule has 0 N–H and O–H groups in total. The molecule has 0 radical (unpaired) electrons. The fraction of sp³-hybridized carbons (Fsp3) is 1.00. The second-order valence-electron chi connectivity index (χ2n) is 3.03. The van der Waals surface area contributed by atoms with E-state index in [4.69, 9.17) is 0 Å². The van der Waals surface area contributed by atoms with Crippen LogP contribution in [-0.2, 0) is 0 Å². The Kier molecular flexibility index (Phi) is 3.30. The Bertz CT molecular complexity index is 72.6. The van der Waals surface area contributed by atoms with Gasteiger partial charge in [-0.25, -0.2) is 0 Å². The first-order valence-corrected chi connectivity index (χ1v) is 5.21. The van der Waals surface area contributed by atoms with Gasteiger partial charge in [0, 0.05) is 3.92 Å². The van der Waals surface area contributed by atoms with Crippen molar-refractivity contribution in [3.63, 3.8) is 0 Å². The molecule has 0 saturated heterocycles. The maximum absolute atomic E-state index is 2.58. The minimum Gasteiger partial charge on any atom is -0.0826 e. The SMILES string of the molecule is CCC1CCC(I)CC1. The third-order valence-corrected chi connectivity index (χ3v) is 3.60. The molecule has 0 aromatic carbocycles. The second kappa shape index (κ2) is 3.79. The third kappa shape index (κ3) is 2.44. The Balaban J connectivity index is 2.18. The van der Waals surface area contributed by atoms with Crippen LogP contribution in [0.2, 0.25) is 0 Å². The zero-order chi connectivity index (χ0) is 6.69. The second-order valence-corrected chi connectivity index (χ2v) is 4.79. The highest BCUT2D eigenvalue weighted by Crippen LogP contribution is 2.30. The van der Waals surface area contributed by atoms with Gasteiger partial charge in [-0.1, -0.05) is 35.9 Å². The molecule has 0 amide bonds. The molecule has 0 spiro atoms. The lowest BCUT2D eigenvalue weighted by molar-refractivity contribution is 0.362. The van der Waals surface area contributed by atoms with E-state index in [9.17, 15) is 0 Å². The smallest absolute Gasteiger partial charge is 0.0110 e. The molecule has 54 valence electrons. The van der Waals surface area contributed by atoms with Crippen LogP contribution in [0.5, 0.6) is 0 Å². The first kappa shape index (κ1) is 7.83. The van der Waals surface area contributed by atoms with E-state index < -0.39 is 0 Å². The summed E-state index contributed by atoms with van der Waals surface area (Å²) in [5, 5.41) is 0. The van der Waals surface area contributed by atoms with Gasteiger partial charge < -0.3 is 0 Å². The van der Waals surface area contributed by atoms with Gasteiger partial charge in [-0.15, -0.1) is 0 Å². The summed E-state index contributed by atoms with van der Waals surface area (Å²) in [6.07, 6.45) is 7.33. The number of hydrogen-bond acceptors (Lipinski definition) is 0. The number of alkyl halides is 1. The monoisotopic (exact) mass is 238 g/mol. The molecule has 1 rings (SSSR count). The van der Waals surface area contributed by atoms with Crippen molar-refractivity contribution < 1.29 is 0 Å². The Morgan fingerprint density at radius 3 is 2.22 bits per heavy atom. The quantitative estimate of drug-likeness (QED) is 0.485. The van der Waals surface area contributed by atoms with Crippen molar-refractivity contribution in [2.45, 2.75) is 43.0 Å². The normalized spacial score (nSPS) is 36.7. The lowest BCUT2D eigenvalue weighted by Crippen LogP contribution is -2.12. The number of halogens is 1. The van der Waals surface area contributed by atoms with Gasteiger partial charge in [-0.2, -0.15) is 0 Å². The summed E-state index contributed by atoms with van der Waals surface area (Å²) in [6, 6.07) is 0. The molecule has 0 atom stereocenters. The molecule has 0 heterocycles. The molecule has 0 aromatic heterocycles. The molecule has 0 aliphatic heterocycles. The van der Waals surface area contributed by atoms with E-state index in [0.717, 1.165) is 9.84 Å². The summed E-state index contributed by atoms with van der Waals surface area (Å²) in [4.78, 5) is 0. The van der Waals surface area contributed by atoms with Gasteiger partial charge >= 0.3 is 0 Å². The first-order valence-electron chi connectivity index (χ1n) is 3.97. The molecule has 1 aliphatic rings. The maximum Gasteiger partial charge on any atom is 0.0110 e. The average Bonchev–Trinajstić information content (AvgIpc) is 1.90. The highest BCUT2D eigenvalue weighted by atomic mass is 127. The van der Waals surface area contributed by atoms with Crippen LogP contribution in [0.4, 0.5) is 0 Å². The minimum atomic E-state index is 0.991. The van der Waals surface area contributed by atoms with Gasteiger partial charge in [-0.3, -0.25) is 0 Å². The van der Waals surface area contributed by atoms with Crippen LogP contribution in [-0.4, -0.2) is 3.92 Å². The van der Waals surface area contributed by atoms with Crippen molar-refractivity contribution in [3.05, 3.63) is 0 Å². The molecule has 0 aromatic rings. The van der Waals surface area contributed by atoms with Crippen molar-refractivity contribution in [2.75, 3.05) is 0 Å². The molecular weight excluding hydrogens is 223 g/mol. The standard InChI is InChI=1S/C8H15I/c1-2-7-3-5-8(9)6-4-7/h7-8H,2-6H2,1H3. The molecule has 9 heavy (non-hydrogen) atoms. The van der Waals surface area contributed by atoms with Crippen LogP contribution in [0.3, 0.4) is 0 Å². The Hall–Kier alpha value is 0.730. The van der Waals surface area contributed by atoms with Gasteiger partial charge in [0.05, 0.1) is 0 Å². The number of hydrogen-bond donors (Lipinski definition) is 0. The summed E-state index contributed by atoms with van der Waals surface area (Å²) in [7, 11) is 0. The fourth-order valence-electron chi connectivity index (χ4n) is 1.53. The van der Waals surface area contributed by atoms with Crippen LogP contribution in [0, 0.1) is 5.92 Å². The van der Waals surface area contributed by atoms with E-state index >= 15 is 0 Å². The predicted molar refractivity (Wildman–Crippen MR) is 50.1 cm³/mol. The maximum atomic E-state index is 2.58. The Morgan fingerprint density at radius 2 is 1.78 bits per heavy atom. The van der Waals surface area contributed by atoms with Crippen LogP contribution in [0.25, 0.3) is 0 Å². The molecule has 0 bridgehead atoms. The topological polar surface area (TPSA) is 0 Å². The van der Waals surface area contributed by atoms with Crippen molar-refractivity contribution in [2.24, 2.45) is 5.92 Å². The molecule has 0 unspecified atom stereocenters. The third-order valence-electron chi connectivity index (χ3n) is 2.35. The van der Waals surface area contributed by atoms with Crippen LogP contribution in [0.15, 0.2) is 0 Å². The van der Waals surface area contributed by atoms with E-state index in [1.165, 1.54) is 32.1 Å². The summed E-state index contributed by atoms with van der Waals surface area (Å²) >= 11 is 2.58. The molecule has 1 saturated carbocycles. The van der Waals surface area contributed by atoms with E-state index in [0.29, 0.717) is 0 Å². The van der Waals surface area contributed by atoms with E-state index in [2.05, 4.69) is 29.5 Å². The van der Waals surface area contributed by atoms with Crippen molar-refractivity contribution in [3.8, 4) is 0 Å². The van der Waals surface area contributed by atoms with Crippen molar-refractivity contribution >= 4 is 22.6 Å². The Morgan fingerprint density at radius 1 is 1.22 bits per heavy atom. The van der Waals surface area contributed by atoms with Crippen LogP contribution >= 0.6 is 22.6 Å². The van der Waals surface area contributed by atoms with Crippen LogP contribution < -0.4 is 0 Å². The lowest BCUT2D eigenvalue weighted by atomic mass is 9.88.